The molecule has 0 bridgehead atoms. The van der Waals surface area contributed by atoms with E-state index in [4.69, 9.17) is 21.1 Å². The van der Waals surface area contributed by atoms with Crippen molar-refractivity contribution in [1.82, 2.24) is 5.32 Å². The van der Waals surface area contributed by atoms with Gasteiger partial charge in [0.05, 0.1) is 0 Å². The average molecular weight is 272 g/mol. The number of ether oxygens (including phenoxy) is 2. The quantitative estimate of drug-likeness (QED) is 0.737. The van der Waals surface area contributed by atoms with Gasteiger partial charge >= 0.3 is 0 Å². The third-order valence-corrected chi connectivity index (χ3v) is 3.02. The van der Waals surface area contributed by atoms with E-state index in [1.165, 1.54) is 0 Å². The predicted octanol–water partition coefficient (Wildman–Crippen LogP) is 3.04. The summed E-state index contributed by atoms with van der Waals surface area (Å²) in [4.78, 5) is 0. The molecule has 1 N–H and O–H groups in total. The number of rotatable bonds is 8. The summed E-state index contributed by atoms with van der Waals surface area (Å²) in [6, 6.07) is 5.73. The highest BCUT2D eigenvalue weighted by Crippen LogP contribution is 2.21. The average Bonchev–Trinajstić information content (AvgIpc) is 2.34. The van der Waals surface area contributed by atoms with Crippen molar-refractivity contribution in [3.63, 3.8) is 0 Å². The molecule has 1 atom stereocenters. The lowest BCUT2D eigenvalue weighted by Crippen LogP contribution is -2.30. The van der Waals surface area contributed by atoms with Gasteiger partial charge in [0, 0.05) is 25.3 Å². The number of aryl methyl sites for hydroxylation is 1. The van der Waals surface area contributed by atoms with Crippen LogP contribution in [0.4, 0.5) is 0 Å². The summed E-state index contributed by atoms with van der Waals surface area (Å²) >= 11 is 5.97. The minimum Gasteiger partial charge on any atom is -0.489 e. The summed E-state index contributed by atoms with van der Waals surface area (Å²) in [5, 5.41) is 4.11. The number of nitrogens with one attached hydrogen (secondary N) is 1. The van der Waals surface area contributed by atoms with Crippen LogP contribution in [0.2, 0.25) is 5.02 Å². The molecule has 102 valence electrons. The van der Waals surface area contributed by atoms with Crippen LogP contribution in [0.5, 0.6) is 5.75 Å². The molecule has 18 heavy (non-hydrogen) atoms. The van der Waals surface area contributed by atoms with Gasteiger partial charge in [-0.2, -0.15) is 0 Å². The van der Waals surface area contributed by atoms with Gasteiger partial charge in [-0.1, -0.05) is 11.6 Å². The number of methoxy groups -OCH3 is 1. The topological polar surface area (TPSA) is 30.5 Å². The maximum atomic E-state index is 5.97. The van der Waals surface area contributed by atoms with Crippen molar-refractivity contribution >= 4 is 11.6 Å². The van der Waals surface area contributed by atoms with E-state index in [0.717, 1.165) is 42.5 Å². The van der Waals surface area contributed by atoms with E-state index in [1.807, 2.05) is 32.0 Å². The second-order valence-corrected chi connectivity index (χ2v) is 4.80. The van der Waals surface area contributed by atoms with E-state index < -0.39 is 0 Å². The van der Waals surface area contributed by atoms with Crippen LogP contribution >= 0.6 is 11.6 Å². The zero-order valence-electron chi connectivity index (χ0n) is 11.3. The molecule has 0 aromatic heterocycles. The Labute approximate surface area is 114 Å². The zero-order valence-corrected chi connectivity index (χ0v) is 12.1. The SMILES string of the molecule is COCCCNCC(C)Oc1ccc(Cl)c(C)c1. The fourth-order valence-corrected chi connectivity index (χ4v) is 1.73. The van der Waals surface area contributed by atoms with Crippen molar-refractivity contribution in [2.45, 2.75) is 26.4 Å². The van der Waals surface area contributed by atoms with Gasteiger partial charge in [0.1, 0.15) is 11.9 Å². The van der Waals surface area contributed by atoms with E-state index in [1.54, 1.807) is 7.11 Å². The Kier molecular flexibility index (Phi) is 7.09. The molecule has 4 heteroatoms. The Bertz CT molecular complexity index is 358. The molecule has 1 unspecified atom stereocenters. The Hall–Kier alpha value is -0.770. The van der Waals surface area contributed by atoms with Crippen molar-refractivity contribution in [3.05, 3.63) is 28.8 Å². The van der Waals surface area contributed by atoms with Crippen LogP contribution in [0.25, 0.3) is 0 Å². The molecule has 0 amide bonds. The molecule has 0 aliphatic carbocycles. The lowest BCUT2D eigenvalue weighted by Gasteiger charge is -2.16. The van der Waals surface area contributed by atoms with E-state index >= 15 is 0 Å². The Morgan fingerprint density at radius 1 is 1.39 bits per heavy atom. The summed E-state index contributed by atoms with van der Waals surface area (Å²) in [7, 11) is 1.72. The highest BCUT2D eigenvalue weighted by molar-refractivity contribution is 6.31. The molecule has 0 aliphatic rings. The van der Waals surface area contributed by atoms with Gasteiger partial charge < -0.3 is 14.8 Å². The Balaban J connectivity index is 2.26. The van der Waals surface area contributed by atoms with Crippen LogP contribution in [0.3, 0.4) is 0 Å². The number of hydrogen-bond acceptors (Lipinski definition) is 3. The maximum absolute atomic E-state index is 5.97. The number of hydrogen-bond donors (Lipinski definition) is 1. The molecule has 0 radical (unpaired) electrons. The maximum Gasteiger partial charge on any atom is 0.120 e. The van der Waals surface area contributed by atoms with Crippen LogP contribution in [-0.2, 0) is 4.74 Å². The predicted molar refractivity (Wildman–Crippen MR) is 75.6 cm³/mol. The molecular weight excluding hydrogens is 250 g/mol. The molecule has 0 heterocycles. The number of halogens is 1. The summed E-state index contributed by atoms with van der Waals surface area (Å²) in [6.07, 6.45) is 1.15. The third kappa shape index (κ3) is 5.71. The highest BCUT2D eigenvalue weighted by atomic mass is 35.5. The van der Waals surface area contributed by atoms with Gasteiger partial charge in [0.25, 0.3) is 0 Å². The molecule has 0 fully saturated rings. The second kappa shape index (κ2) is 8.35. The summed E-state index contributed by atoms with van der Waals surface area (Å²) in [6.45, 7) is 6.58. The zero-order chi connectivity index (χ0) is 13.4. The van der Waals surface area contributed by atoms with Crippen LogP contribution in [0, 0.1) is 6.92 Å². The molecule has 1 aromatic rings. The Morgan fingerprint density at radius 3 is 2.83 bits per heavy atom. The first-order valence-electron chi connectivity index (χ1n) is 6.26. The first-order valence-corrected chi connectivity index (χ1v) is 6.63. The normalized spacial score (nSPS) is 12.4. The van der Waals surface area contributed by atoms with Gasteiger partial charge in [-0.15, -0.1) is 0 Å². The second-order valence-electron chi connectivity index (χ2n) is 4.39. The minimum absolute atomic E-state index is 0.133. The van der Waals surface area contributed by atoms with Crippen molar-refractivity contribution in [1.29, 1.82) is 0 Å². The first kappa shape index (κ1) is 15.3. The summed E-state index contributed by atoms with van der Waals surface area (Å²) in [5.74, 6) is 0.864. The van der Waals surface area contributed by atoms with Gasteiger partial charge in [-0.3, -0.25) is 0 Å². The largest absolute Gasteiger partial charge is 0.489 e. The molecule has 1 aromatic carbocycles. The third-order valence-electron chi connectivity index (χ3n) is 2.60. The van der Waals surface area contributed by atoms with Crippen LogP contribution in [0.15, 0.2) is 18.2 Å². The van der Waals surface area contributed by atoms with E-state index in [9.17, 15) is 0 Å². The standard InChI is InChI=1S/C14H22ClNO2/c1-11-9-13(5-6-14(11)15)18-12(2)10-16-7-4-8-17-3/h5-6,9,12,16H,4,7-8,10H2,1-3H3. The van der Waals surface area contributed by atoms with Crippen molar-refractivity contribution in [2.24, 2.45) is 0 Å². The molecule has 1 rings (SSSR count). The highest BCUT2D eigenvalue weighted by Gasteiger charge is 2.04. The van der Waals surface area contributed by atoms with Crippen LogP contribution < -0.4 is 10.1 Å². The van der Waals surface area contributed by atoms with E-state index in [-0.39, 0.29) is 6.10 Å². The Morgan fingerprint density at radius 2 is 2.17 bits per heavy atom. The molecule has 0 saturated heterocycles. The lowest BCUT2D eigenvalue weighted by molar-refractivity contribution is 0.188. The fraction of sp³-hybridized carbons (Fsp3) is 0.571. The lowest BCUT2D eigenvalue weighted by atomic mass is 10.2. The van der Waals surface area contributed by atoms with Gasteiger partial charge in [0.15, 0.2) is 0 Å². The molecule has 3 nitrogen and oxygen atoms in total. The smallest absolute Gasteiger partial charge is 0.120 e. The molecule has 0 spiro atoms. The first-order chi connectivity index (χ1) is 8.63. The molecule has 0 aliphatic heterocycles. The van der Waals surface area contributed by atoms with Gasteiger partial charge in [-0.05, 0) is 50.6 Å². The van der Waals surface area contributed by atoms with Crippen molar-refractivity contribution < 1.29 is 9.47 Å². The molecule has 0 saturated carbocycles. The summed E-state index contributed by atoms with van der Waals surface area (Å²) in [5.41, 5.74) is 1.04. The minimum atomic E-state index is 0.133. The van der Waals surface area contributed by atoms with E-state index in [2.05, 4.69) is 5.32 Å². The van der Waals surface area contributed by atoms with Gasteiger partial charge in [0.2, 0.25) is 0 Å². The monoisotopic (exact) mass is 271 g/mol. The van der Waals surface area contributed by atoms with Crippen molar-refractivity contribution in [2.75, 3.05) is 26.8 Å². The van der Waals surface area contributed by atoms with Crippen LogP contribution in [-0.4, -0.2) is 32.9 Å². The molecular formula is C14H22ClNO2. The number of benzene rings is 1. The summed E-state index contributed by atoms with van der Waals surface area (Å²) < 4.78 is 10.8. The van der Waals surface area contributed by atoms with Gasteiger partial charge in [-0.25, -0.2) is 0 Å². The van der Waals surface area contributed by atoms with E-state index in [0.29, 0.717) is 0 Å². The van der Waals surface area contributed by atoms with Crippen LogP contribution in [0.1, 0.15) is 18.9 Å². The van der Waals surface area contributed by atoms with Crippen molar-refractivity contribution in [3.8, 4) is 5.75 Å². The fourth-order valence-electron chi connectivity index (χ4n) is 1.61.